The predicted octanol–water partition coefficient (Wildman–Crippen LogP) is 1.72. The van der Waals surface area contributed by atoms with Crippen LogP contribution in [-0.2, 0) is 6.21 Å². The van der Waals surface area contributed by atoms with E-state index in [2.05, 4.69) is 0 Å². The fourth-order valence-corrected chi connectivity index (χ4v) is 5.17. The van der Waals surface area contributed by atoms with Gasteiger partial charge in [-0.1, -0.05) is 0 Å². The molecule has 17 heavy (non-hydrogen) atoms. The van der Waals surface area contributed by atoms with E-state index in [1.165, 1.54) is 0 Å². The summed E-state index contributed by atoms with van der Waals surface area (Å²) in [4.78, 5) is 0. The van der Waals surface area contributed by atoms with Crippen molar-refractivity contribution >= 4 is 25.4 Å². The van der Waals surface area contributed by atoms with Gasteiger partial charge in [0.15, 0.2) is 0 Å². The predicted molar refractivity (Wildman–Crippen MR) is 68.8 cm³/mol. The first-order valence-electron chi connectivity index (χ1n) is 5.38. The van der Waals surface area contributed by atoms with Crippen LogP contribution in [0, 0.1) is 13.8 Å². The molecule has 0 aromatic heterocycles. The van der Waals surface area contributed by atoms with E-state index in [1.807, 2.05) is 38.1 Å². The molecule has 0 amide bonds. The summed E-state index contributed by atoms with van der Waals surface area (Å²) in [5.74, 6) is 0. The molecule has 0 N–H and O–H groups in total. The van der Waals surface area contributed by atoms with Crippen LogP contribution in [-0.4, -0.2) is 18.1 Å². The van der Waals surface area contributed by atoms with Gasteiger partial charge in [-0.25, -0.2) is 0 Å². The Balaban J connectivity index is 2.50. The van der Waals surface area contributed by atoms with Gasteiger partial charge in [-0.3, -0.25) is 0 Å². The van der Waals surface area contributed by atoms with Crippen molar-refractivity contribution in [2.24, 2.45) is 0 Å². The zero-order valence-corrected chi connectivity index (χ0v) is 12.2. The van der Waals surface area contributed by atoms with Crippen molar-refractivity contribution in [3.05, 3.63) is 59.7 Å². The second kappa shape index (κ2) is 4.60. The molecule has 3 heteroatoms. The number of hydrogen-bond acceptors (Lipinski definition) is 2. The van der Waals surface area contributed by atoms with Gasteiger partial charge in [-0.05, 0) is 0 Å². The molecule has 0 aliphatic heterocycles. The number of rotatable bonds is 2. The van der Waals surface area contributed by atoms with E-state index in [0.29, 0.717) is 7.22 Å². The quantitative estimate of drug-likeness (QED) is 0.779. The first-order valence-corrected chi connectivity index (χ1v) is 9.62. The van der Waals surface area contributed by atoms with Gasteiger partial charge in [0, 0.05) is 0 Å². The van der Waals surface area contributed by atoms with Gasteiger partial charge in [-0.15, -0.1) is 0 Å². The summed E-state index contributed by atoms with van der Waals surface area (Å²) in [6, 6.07) is 14.1. The molecule has 2 nitrogen and oxygen atoms in total. The van der Waals surface area contributed by atoms with Gasteiger partial charge >= 0.3 is 105 Å². The average molecular weight is 342 g/mol. The topological polar surface area (TPSA) is 34.1 Å². The summed E-state index contributed by atoms with van der Waals surface area (Å²) < 4.78 is 25.6. The molecule has 0 aliphatic carbocycles. The standard InChI is InChI=1S/C14H14O2Te/c1-11-3-7-13(8-4-11)17(15,16)14-9-5-12(2)6-10-14/h3-10H,1-2H3. The second-order valence-corrected chi connectivity index (χ2v) is 9.69. The Kier molecular flexibility index (Phi) is 3.33. The molecule has 2 rings (SSSR count). The van der Waals surface area contributed by atoms with Gasteiger partial charge in [0.1, 0.15) is 0 Å². The van der Waals surface area contributed by atoms with Crippen LogP contribution in [0.15, 0.2) is 48.5 Å². The molecule has 0 aliphatic rings. The van der Waals surface area contributed by atoms with Crippen molar-refractivity contribution < 1.29 is 6.21 Å². The molecule has 2 aromatic rings. The minimum absolute atomic E-state index is 0.446. The minimum atomic E-state index is -4.58. The summed E-state index contributed by atoms with van der Waals surface area (Å²) >= 11 is -4.58. The molecule has 0 unspecified atom stereocenters. The van der Waals surface area contributed by atoms with Gasteiger partial charge in [0.05, 0.1) is 0 Å². The van der Waals surface area contributed by atoms with Gasteiger partial charge in [-0.2, -0.15) is 0 Å². The Hall–Kier alpha value is -1.17. The van der Waals surface area contributed by atoms with Crippen LogP contribution < -0.4 is 7.22 Å². The van der Waals surface area contributed by atoms with Crippen LogP contribution in [0.1, 0.15) is 11.1 Å². The number of benzene rings is 2. The van der Waals surface area contributed by atoms with Crippen LogP contribution in [0.4, 0.5) is 0 Å². The fraction of sp³-hybridized carbons (Fsp3) is 0.143. The maximum absolute atomic E-state index is 12.4. The van der Waals surface area contributed by atoms with Crippen molar-refractivity contribution in [2.75, 3.05) is 0 Å². The van der Waals surface area contributed by atoms with Crippen LogP contribution in [0.3, 0.4) is 0 Å². The Bertz CT molecular complexity index is 557. The van der Waals surface area contributed by atoms with E-state index in [4.69, 9.17) is 0 Å². The first kappa shape index (κ1) is 12.3. The third-order valence-electron chi connectivity index (χ3n) is 2.66. The van der Waals surface area contributed by atoms with E-state index in [9.17, 15) is 6.21 Å². The summed E-state index contributed by atoms with van der Waals surface area (Å²) in [6.45, 7) is 3.89. The average Bonchev–Trinajstić information content (AvgIpc) is 2.30. The summed E-state index contributed by atoms with van der Waals surface area (Å²) in [5, 5.41) is 0. The maximum atomic E-state index is 12.4. The third-order valence-corrected chi connectivity index (χ3v) is 7.76. The van der Waals surface area contributed by atoms with E-state index < -0.39 is 18.1 Å². The fourth-order valence-electron chi connectivity index (χ4n) is 1.57. The SMILES string of the molecule is Cc1ccc([Te](=O)(=O)c2ccc(C)cc2)cc1. The molecule has 0 saturated heterocycles. The van der Waals surface area contributed by atoms with E-state index >= 15 is 0 Å². The van der Waals surface area contributed by atoms with E-state index in [-0.39, 0.29) is 0 Å². The van der Waals surface area contributed by atoms with Crippen molar-refractivity contribution in [2.45, 2.75) is 13.8 Å². The Labute approximate surface area is 105 Å². The number of hydrogen-bond donors (Lipinski definition) is 0. The van der Waals surface area contributed by atoms with E-state index in [1.54, 1.807) is 24.3 Å². The molecular formula is C14H14O2Te. The van der Waals surface area contributed by atoms with Crippen molar-refractivity contribution in [3.8, 4) is 0 Å². The van der Waals surface area contributed by atoms with Gasteiger partial charge < -0.3 is 0 Å². The van der Waals surface area contributed by atoms with Crippen molar-refractivity contribution in [3.63, 3.8) is 0 Å². The van der Waals surface area contributed by atoms with Crippen molar-refractivity contribution in [1.29, 1.82) is 0 Å². The molecule has 0 atom stereocenters. The first-order chi connectivity index (χ1) is 8.00. The molecule has 0 spiro atoms. The molecule has 0 radical (unpaired) electrons. The monoisotopic (exact) mass is 344 g/mol. The van der Waals surface area contributed by atoms with Crippen LogP contribution in [0.5, 0.6) is 0 Å². The van der Waals surface area contributed by atoms with Crippen LogP contribution in [0.25, 0.3) is 0 Å². The molecule has 0 saturated carbocycles. The molecule has 88 valence electrons. The summed E-state index contributed by atoms with van der Waals surface area (Å²) in [5.41, 5.74) is 2.13. The number of aryl methyl sites for hydroxylation is 2. The molecule has 2 aromatic carbocycles. The van der Waals surface area contributed by atoms with Crippen molar-refractivity contribution in [1.82, 2.24) is 0 Å². The Morgan fingerprint density at radius 3 is 1.24 bits per heavy atom. The molecule has 0 heterocycles. The van der Waals surface area contributed by atoms with Crippen LogP contribution in [0.2, 0.25) is 0 Å². The van der Waals surface area contributed by atoms with Gasteiger partial charge in [0.25, 0.3) is 0 Å². The zero-order valence-electron chi connectivity index (χ0n) is 9.84. The van der Waals surface area contributed by atoms with Gasteiger partial charge in [0.2, 0.25) is 0 Å². The summed E-state index contributed by atoms with van der Waals surface area (Å²) in [7, 11) is 0. The van der Waals surface area contributed by atoms with Crippen LogP contribution >= 0.6 is 0 Å². The zero-order chi connectivity index (χ0) is 12.5. The molecular weight excluding hydrogens is 328 g/mol. The molecule has 0 bridgehead atoms. The Morgan fingerprint density at radius 1 is 0.647 bits per heavy atom. The normalized spacial score (nSPS) is 11.4. The third kappa shape index (κ3) is 2.57. The Morgan fingerprint density at radius 2 is 0.941 bits per heavy atom. The second-order valence-electron chi connectivity index (χ2n) is 4.13. The molecule has 0 fully saturated rings. The van der Waals surface area contributed by atoms with E-state index in [0.717, 1.165) is 11.1 Å². The summed E-state index contributed by atoms with van der Waals surface area (Å²) in [6.07, 6.45) is 0.